The molecular formula is C16H18O2. The summed E-state index contributed by atoms with van der Waals surface area (Å²) in [6.45, 7) is 4.16. The van der Waals surface area contributed by atoms with Crippen molar-refractivity contribution >= 4 is 0 Å². The summed E-state index contributed by atoms with van der Waals surface area (Å²) in [5.74, 6) is -0.119. The molecule has 0 aliphatic carbocycles. The van der Waals surface area contributed by atoms with Gasteiger partial charge in [0.1, 0.15) is 0 Å². The molecule has 0 bridgehead atoms. The average molecular weight is 242 g/mol. The van der Waals surface area contributed by atoms with E-state index in [0.29, 0.717) is 0 Å². The van der Waals surface area contributed by atoms with Crippen LogP contribution >= 0.6 is 0 Å². The zero-order chi connectivity index (χ0) is 13.1. The highest BCUT2D eigenvalue weighted by atomic mass is 16.3. The van der Waals surface area contributed by atoms with E-state index < -0.39 is 0 Å². The second-order valence-corrected chi connectivity index (χ2v) is 4.41. The number of aryl methyl sites for hydroxylation is 2. The van der Waals surface area contributed by atoms with E-state index in [1.807, 2.05) is 19.1 Å². The minimum Gasteiger partial charge on any atom is -0.504 e. The Morgan fingerprint density at radius 1 is 0.889 bits per heavy atom. The lowest BCUT2D eigenvalue weighted by atomic mass is 9.95. The van der Waals surface area contributed by atoms with Crippen LogP contribution < -0.4 is 0 Å². The van der Waals surface area contributed by atoms with Crippen molar-refractivity contribution in [2.24, 2.45) is 0 Å². The number of rotatable bonds is 3. The highest BCUT2D eigenvalue weighted by molar-refractivity contribution is 5.71. The van der Waals surface area contributed by atoms with Crippen molar-refractivity contribution < 1.29 is 10.2 Å². The molecule has 0 spiro atoms. The van der Waals surface area contributed by atoms with E-state index in [0.717, 1.165) is 29.5 Å². The Hall–Kier alpha value is -1.96. The number of hydrogen-bond donors (Lipinski definition) is 2. The van der Waals surface area contributed by atoms with E-state index in [-0.39, 0.29) is 11.5 Å². The van der Waals surface area contributed by atoms with E-state index in [9.17, 15) is 10.2 Å². The van der Waals surface area contributed by atoms with Crippen LogP contribution in [0.5, 0.6) is 11.5 Å². The molecule has 0 aliphatic rings. The maximum atomic E-state index is 9.66. The molecule has 0 saturated carbocycles. The van der Waals surface area contributed by atoms with Gasteiger partial charge in [0.2, 0.25) is 0 Å². The molecule has 18 heavy (non-hydrogen) atoms. The number of aromatic hydroxyl groups is 2. The van der Waals surface area contributed by atoms with Gasteiger partial charge in [0, 0.05) is 0 Å². The first kappa shape index (κ1) is 12.5. The molecule has 2 aromatic carbocycles. The molecular weight excluding hydrogens is 224 g/mol. The molecule has 0 aromatic heterocycles. The number of benzene rings is 2. The summed E-state index contributed by atoms with van der Waals surface area (Å²) < 4.78 is 0. The van der Waals surface area contributed by atoms with Gasteiger partial charge in [0.05, 0.1) is 0 Å². The highest BCUT2D eigenvalue weighted by Gasteiger charge is 2.09. The fraction of sp³-hybridized carbons (Fsp3) is 0.250. The molecule has 0 aliphatic heterocycles. The third-order valence-corrected chi connectivity index (χ3v) is 3.23. The minimum absolute atomic E-state index is 0.0535. The first-order valence-electron chi connectivity index (χ1n) is 6.29. The molecule has 0 radical (unpaired) electrons. The topological polar surface area (TPSA) is 40.5 Å². The molecule has 0 atom stereocenters. The molecule has 0 amide bonds. The van der Waals surface area contributed by atoms with Gasteiger partial charge in [-0.2, -0.15) is 0 Å². The van der Waals surface area contributed by atoms with E-state index in [1.165, 1.54) is 5.56 Å². The van der Waals surface area contributed by atoms with Crippen molar-refractivity contribution in [1.82, 2.24) is 0 Å². The van der Waals surface area contributed by atoms with Gasteiger partial charge < -0.3 is 10.2 Å². The van der Waals surface area contributed by atoms with Gasteiger partial charge in [0.15, 0.2) is 11.5 Å². The number of hydrogen-bond acceptors (Lipinski definition) is 2. The molecule has 0 heterocycles. The third kappa shape index (κ3) is 2.33. The van der Waals surface area contributed by atoms with Crippen molar-refractivity contribution in [3.05, 3.63) is 47.5 Å². The van der Waals surface area contributed by atoms with Crippen molar-refractivity contribution in [3.63, 3.8) is 0 Å². The van der Waals surface area contributed by atoms with Gasteiger partial charge in [-0.25, -0.2) is 0 Å². The summed E-state index contributed by atoms with van der Waals surface area (Å²) in [5, 5.41) is 19.2. The summed E-state index contributed by atoms with van der Waals surface area (Å²) in [4.78, 5) is 0. The second-order valence-electron chi connectivity index (χ2n) is 4.41. The van der Waals surface area contributed by atoms with E-state index in [4.69, 9.17) is 0 Å². The summed E-state index contributed by atoms with van der Waals surface area (Å²) in [5.41, 5.74) is 4.38. The predicted octanol–water partition coefficient (Wildman–Crippen LogP) is 3.89. The van der Waals surface area contributed by atoms with E-state index in [2.05, 4.69) is 19.1 Å². The first-order chi connectivity index (χ1) is 8.65. The molecule has 2 N–H and O–H groups in total. The third-order valence-electron chi connectivity index (χ3n) is 3.23. The Labute approximate surface area is 108 Å². The molecule has 0 fully saturated rings. The smallest absolute Gasteiger partial charge is 0.158 e. The van der Waals surface area contributed by atoms with Crippen LogP contribution in [-0.2, 0) is 12.8 Å². The Kier molecular flexibility index (Phi) is 3.56. The molecule has 94 valence electrons. The minimum atomic E-state index is -0.0656. The molecule has 0 saturated heterocycles. The van der Waals surface area contributed by atoms with Crippen molar-refractivity contribution in [2.75, 3.05) is 0 Å². The number of phenols is 2. The molecule has 2 heteroatoms. The lowest BCUT2D eigenvalue weighted by molar-refractivity contribution is 0.403. The zero-order valence-corrected chi connectivity index (χ0v) is 10.8. The van der Waals surface area contributed by atoms with Crippen LogP contribution in [0.25, 0.3) is 11.1 Å². The fourth-order valence-corrected chi connectivity index (χ4v) is 2.14. The maximum absolute atomic E-state index is 9.66. The van der Waals surface area contributed by atoms with Crippen LogP contribution in [0.4, 0.5) is 0 Å². The summed E-state index contributed by atoms with van der Waals surface area (Å²) in [6, 6.07) is 11.6. The number of phenolic OH excluding ortho intramolecular Hbond substituents is 2. The van der Waals surface area contributed by atoms with Gasteiger partial charge in [-0.15, -0.1) is 0 Å². The Morgan fingerprint density at radius 2 is 1.61 bits per heavy atom. The second kappa shape index (κ2) is 5.13. The van der Waals surface area contributed by atoms with Crippen LogP contribution in [0.15, 0.2) is 36.4 Å². The van der Waals surface area contributed by atoms with Gasteiger partial charge in [0.25, 0.3) is 0 Å². The van der Waals surface area contributed by atoms with Crippen LogP contribution in [0.3, 0.4) is 0 Å². The molecule has 2 nitrogen and oxygen atoms in total. The summed E-state index contributed by atoms with van der Waals surface area (Å²) in [6.07, 6.45) is 1.80. The quantitative estimate of drug-likeness (QED) is 0.802. The molecule has 2 aromatic rings. The average Bonchev–Trinajstić information content (AvgIpc) is 2.41. The van der Waals surface area contributed by atoms with Crippen LogP contribution in [0, 0.1) is 0 Å². The Morgan fingerprint density at radius 3 is 2.28 bits per heavy atom. The highest BCUT2D eigenvalue weighted by Crippen LogP contribution is 2.34. The lowest BCUT2D eigenvalue weighted by Gasteiger charge is -2.11. The van der Waals surface area contributed by atoms with Gasteiger partial charge in [-0.3, -0.25) is 0 Å². The predicted molar refractivity (Wildman–Crippen MR) is 74.0 cm³/mol. The molecule has 0 unspecified atom stereocenters. The maximum Gasteiger partial charge on any atom is 0.158 e. The van der Waals surface area contributed by atoms with Crippen molar-refractivity contribution in [2.45, 2.75) is 26.7 Å². The van der Waals surface area contributed by atoms with Crippen LogP contribution in [0.1, 0.15) is 25.0 Å². The summed E-state index contributed by atoms with van der Waals surface area (Å²) >= 11 is 0. The molecule has 2 rings (SSSR count). The van der Waals surface area contributed by atoms with Crippen LogP contribution in [-0.4, -0.2) is 10.2 Å². The van der Waals surface area contributed by atoms with Crippen molar-refractivity contribution in [3.8, 4) is 22.6 Å². The Balaban J connectivity index is 2.58. The van der Waals surface area contributed by atoms with Crippen molar-refractivity contribution in [1.29, 1.82) is 0 Å². The van der Waals surface area contributed by atoms with Crippen LogP contribution in [0.2, 0.25) is 0 Å². The largest absolute Gasteiger partial charge is 0.504 e. The lowest BCUT2D eigenvalue weighted by Crippen LogP contribution is -1.89. The van der Waals surface area contributed by atoms with E-state index >= 15 is 0 Å². The van der Waals surface area contributed by atoms with Gasteiger partial charge >= 0.3 is 0 Å². The van der Waals surface area contributed by atoms with E-state index in [1.54, 1.807) is 12.1 Å². The summed E-state index contributed by atoms with van der Waals surface area (Å²) in [7, 11) is 0. The van der Waals surface area contributed by atoms with Gasteiger partial charge in [-0.1, -0.05) is 38.1 Å². The standard InChI is InChI=1S/C16H18O2/c1-3-11-6-5-7-13(8-11)14-10-16(18)15(17)9-12(14)4-2/h5-10,17-18H,3-4H2,1-2H3. The monoisotopic (exact) mass is 242 g/mol. The Bertz CT molecular complexity index is 559. The fourth-order valence-electron chi connectivity index (χ4n) is 2.14. The zero-order valence-electron chi connectivity index (χ0n) is 10.8. The normalized spacial score (nSPS) is 10.6. The SMILES string of the molecule is CCc1cccc(-c2cc(O)c(O)cc2CC)c1. The van der Waals surface area contributed by atoms with Gasteiger partial charge in [-0.05, 0) is 47.2 Å². The first-order valence-corrected chi connectivity index (χ1v) is 6.29.